The van der Waals surface area contributed by atoms with Crippen molar-refractivity contribution in [1.82, 2.24) is 0 Å². The number of rotatable bonds is 5. The van der Waals surface area contributed by atoms with Crippen LogP contribution >= 0.6 is 0 Å². The van der Waals surface area contributed by atoms with Crippen molar-refractivity contribution in [3.05, 3.63) is 181 Å². The minimum Gasteiger partial charge on any atom is -0.311 e. The third-order valence-electron chi connectivity index (χ3n) is 10.9. The Morgan fingerprint density at radius 2 is 1.04 bits per heavy atom. The summed E-state index contributed by atoms with van der Waals surface area (Å²) >= 11 is 0. The molecule has 7 aromatic carbocycles. The lowest BCUT2D eigenvalue weighted by molar-refractivity contribution is 0.660. The molecule has 1 aliphatic carbocycles. The molecule has 0 bridgehead atoms. The molecule has 48 heavy (non-hydrogen) atoms. The van der Waals surface area contributed by atoms with Gasteiger partial charge in [-0.15, -0.1) is 0 Å². The molecule has 1 aliphatic heterocycles. The highest BCUT2D eigenvalue weighted by atomic mass is 28.3. The second-order valence-corrected chi connectivity index (χ2v) is 17.8. The Morgan fingerprint density at radius 3 is 1.81 bits per heavy atom. The standard InChI is InChI=1S/C46H37NSi/c1-46(2)41-22-12-10-19-37(41)38-30-29-35(31-42(38)46)47(34-27-25-33(26-28-34)32-15-6-4-7-16-32)43-23-14-21-40-39-20-11-13-24-44(39)48(3,45(40)43)36-17-8-5-9-18-36/h4-31H,1-3H3. The van der Waals surface area contributed by atoms with Gasteiger partial charge in [0.25, 0.3) is 0 Å². The van der Waals surface area contributed by atoms with E-state index in [-0.39, 0.29) is 5.41 Å². The van der Waals surface area contributed by atoms with Crippen LogP contribution in [-0.2, 0) is 5.41 Å². The van der Waals surface area contributed by atoms with Crippen LogP contribution < -0.4 is 20.5 Å². The monoisotopic (exact) mass is 631 g/mol. The van der Waals surface area contributed by atoms with Gasteiger partial charge in [0, 0.05) is 22.5 Å². The molecule has 1 nitrogen and oxygen atoms in total. The molecular weight excluding hydrogens is 595 g/mol. The van der Waals surface area contributed by atoms with E-state index in [0.717, 1.165) is 5.69 Å². The minimum atomic E-state index is -2.38. The second kappa shape index (κ2) is 10.8. The van der Waals surface area contributed by atoms with Crippen LogP contribution in [0.2, 0.25) is 6.55 Å². The zero-order valence-electron chi connectivity index (χ0n) is 27.6. The van der Waals surface area contributed by atoms with Crippen molar-refractivity contribution in [2.24, 2.45) is 0 Å². The van der Waals surface area contributed by atoms with Crippen molar-refractivity contribution in [2.45, 2.75) is 25.8 Å². The van der Waals surface area contributed by atoms with E-state index in [1.807, 2.05) is 0 Å². The van der Waals surface area contributed by atoms with Crippen molar-refractivity contribution in [3.8, 4) is 33.4 Å². The lowest BCUT2D eigenvalue weighted by atomic mass is 9.82. The van der Waals surface area contributed by atoms with Gasteiger partial charge in [-0.05, 0) is 90.4 Å². The van der Waals surface area contributed by atoms with E-state index in [0.29, 0.717) is 0 Å². The van der Waals surface area contributed by atoms with Gasteiger partial charge in [0.05, 0.1) is 0 Å². The molecule has 0 amide bonds. The Kier molecular flexibility index (Phi) is 6.47. The summed E-state index contributed by atoms with van der Waals surface area (Å²) in [7, 11) is -2.38. The summed E-state index contributed by atoms with van der Waals surface area (Å²) in [4.78, 5) is 2.53. The maximum atomic E-state index is 2.55. The first-order valence-electron chi connectivity index (χ1n) is 17.0. The summed E-state index contributed by atoms with van der Waals surface area (Å²) in [5.41, 5.74) is 14.2. The van der Waals surface area contributed by atoms with E-state index in [1.165, 1.54) is 71.4 Å². The topological polar surface area (TPSA) is 3.24 Å². The zero-order valence-corrected chi connectivity index (χ0v) is 28.6. The summed E-state index contributed by atoms with van der Waals surface area (Å²) in [6.07, 6.45) is 0. The normalized spacial score (nSPS) is 16.5. The SMILES string of the molecule is CC1(C)c2ccccc2-c2ccc(N(c3ccc(-c4ccccc4)cc3)c3cccc4c3[Si](C)(c3ccccc3)c3ccccc3-4)cc21. The first-order valence-corrected chi connectivity index (χ1v) is 19.5. The van der Waals surface area contributed by atoms with Crippen LogP contribution in [0.4, 0.5) is 17.1 Å². The third kappa shape index (κ3) is 4.16. The molecule has 1 heterocycles. The van der Waals surface area contributed by atoms with Crippen LogP contribution in [0.15, 0.2) is 170 Å². The highest BCUT2D eigenvalue weighted by Crippen LogP contribution is 2.51. The van der Waals surface area contributed by atoms with Crippen LogP contribution in [-0.4, -0.2) is 8.07 Å². The molecule has 0 saturated carbocycles. The molecule has 0 radical (unpaired) electrons. The van der Waals surface area contributed by atoms with Gasteiger partial charge >= 0.3 is 0 Å². The number of benzene rings is 7. The Bertz CT molecular complexity index is 2320. The molecule has 230 valence electrons. The fourth-order valence-corrected chi connectivity index (χ4v) is 12.9. The number of hydrogen-bond donors (Lipinski definition) is 0. The fraction of sp³-hybridized carbons (Fsp3) is 0.0870. The van der Waals surface area contributed by atoms with Gasteiger partial charge in [-0.3, -0.25) is 0 Å². The molecule has 0 spiro atoms. The van der Waals surface area contributed by atoms with Gasteiger partial charge in [0.2, 0.25) is 0 Å². The van der Waals surface area contributed by atoms with Gasteiger partial charge in [0.15, 0.2) is 0 Å². The van der Waals surface area contributed by atoms with E-state index in [1.54, 1.807) is 0 Å². The van der Waals surface area contributed by atoms with Gasteiger partial charge in [-0.25, -0.2) is 0 Å². The van der Waals surface area contributed by atoms with E-state index >= 15 is 0 Å². The Balaban J connectivity index is 1.30. The molecule has 2 aliphatic rings. The fourth-order valence-electron chi connectivity index (χ4n) is 8.53. The molecule has 0 fully saturated rings. The number of hydrogen-bond acceptors (Lipinski definition) is 1. The van der Waals surface area contributed by atoms with Gasteiger partial charge < -0.3 is 4.90 Å². The van der Waals surface area contributed by atoms with Gasteiger partial charge in [-0.2, -0.15) is 0 Å². The van der Waals surface area contributed by atoms with Crippen LogP contribution in [0.25, 0.3) is 33.4 Å². The summed E-state index contributed by atoms with van der Waals surface area (Å²) in [6.45, 7) is 7.29. The molecule has 9 rings (SSSR count). The van der Waals surface area contributed by atoms with Crippen molar-refractivity contribution in [3.63, 3.8) is 0 Å². The van der Waals surface area contributed by atoms with Crippen LogP contribution in [0, 0.1) is 0 Å². The summed E-state index contributed by atoms with van der Waals surface area (Å²) in [5.74, 6) is 0. The largest absolute Gasteiger partial charge is 0.311 e. The molecular formula is C46H37NSi. The Morgan fingerprint density at radius 1 is 0.458 bits per heavy atom. The van der Waals surface area contributed by atoms with E-state index < -0.39 is 8.07 Å². The molecule has 1 unspecified atom stereocenters. The maximum Gasteiger partial charge on any atom is 0.149 e. The van der Waals surface area contributed by atoms with Crippen molar-refractivity contribution in [1.29, 1.82) is 0 Å². The quantitative estimate of drug-likeness (QED) is 0.171. The molecule has 7 aromatic rings. The Hall–Kier alpha value is -5.44. The lowest BCUT2D eigenvalue weighted by Crippen LogP contribution is -2.62. The van der Waals surface area contributed by atoms with E-state index in [4.69, 9.17) is 0 Å². The lowest BCUT2D eigenvalue weighted by Gasteiger charge is -2.34. The number of fused-ring (bicyclic) bond motifs is 6. The molecule has 0 aromatic heterocycles. The average molecular weight is 632 g/mol. The average Bonchev–Trinajstić information content (AvgIpc) is 3.55. The van der Waals surface area contributed by atoms with Gasteiger partial charge in [-0.1, -0.05) is 160 Å². The zero-order chi connectivity index (χ0) is 32.5. The van der Waals surface area contributed by atoms with Crippen molar-refractivity contribution < 1.29 is 0 Å². The van der Waals surface area contributed by atoms with Crippen LogP contribution in [0.3, 0.4) is 0 Å². The van der Waals surface area contributed by atoms with E-state index in [2.05, 4.69) is 195 Å². The molecule has 0 saturated heterocycles. The van der Waals surface area contributed by atoms with Gasteiger partial charge in [0.1, 0.15) is 8.07 Å². The Labute approximate surface area is 284 Å². The molecule has 1 atom stereocenters. The highest BCUT2D eigenvalue weighted by Gasteiger charge is 2.45. The van der Waals surface area contributed by atoms with Crippen LogP contribution in [0.5, 0.6) is 0 Å². The smallest absolute Gasteiger partial charge is 0.149 e. The number of anilines is 3. The second-order valence-electron chi connectivity index (χ2n) is 13.9. The highest BCUT2D eigenvalue weighted by molar-refractivity contribution is 7.14. The van der Waals surface area contributed by atoms with E-state index in [9.17, 15) is 0 Å². The third-order valence-corrected chi connectivity index (χ3v) is 15.5. The first-order chi connectivity index (χ1) is 23.5. The predicted molar refractivity (Wildman–Crippen MR) is 207 cm³/mol. The number of nitrogens with zero attached hydrogens (tertiary/aromatic N) is 1. The van der Waals surface area contributed by atoms with Crippen molar-refractivity contribution in [2.75, 3.05) is 4.90 Å². The minimum absolute atomic E-state index is 0.0903. The van der Waals surface area contributed by atoms with Crippen LogP contribution in [0.1, 0.15) is 25.0 Å². The first kappa shape index (κ1) is 28.8. The summed E-state index contributed by atoms with van der Waals surface area (Å²) in [6, 6.07) is 63.2. The maximum absolute atomic E-state index is 2.55. The molecule has 2 heteroatoms. The van der Waals surface area contributed by atoms with Crippen molar-refractivity contribution >= 4 is 40.7 Å². The summed E-state index contributed by atoms with van der Waals surface area (Å²) < 4.78 is 0. The predicted octanol–water partition coefficient (Wildman–Crippen LogP) is 10.2. The summed E-state index contributed by atoms with van der Waals surface area (Å²) in [5, 5.41) is 4.41. The molecule has 0 N–H and O–H groups in total.